The topological polar surface area (TPSA) is 55.8 Å². The number of carbonyl (C=O) groups is 1. The minimum Gasteiger partial charge on any atom is -0.493 e. The molecule has 0 aromatic heterocycles. The van der Waals surface area contributed by atoms with Crippen LogP contribution >= 0.6 is 0 Å². The second kappa shape index (κ2) is 7.32. The van der Waals surface area contributed by atoms with E-state index in [0.717, 1.165) is 6.08 Å². The lowest BCUT2D eigenvalue weighted by atomic mass is 10.2. The predicted octanol–water partition coefficient (Wildman–Crippen LogP) is 2.53. The number of carboxylic acids is 1. The summed E-state index contributed by atoms with van der Waals surface area (Å²) in [6.45, 7) is -0.154. The van der Waals surface area contributed by atoms with Crippen LogP contribution in [0.3, 0.4) is 0 Å². The van der Waals surface area contributed by atoms with Crippen LogP contribution in [0.5, 0.6) is 11.5 Å². The summed E-state index contributed by atoms with van der Waals surface area (Å²) < 4.78 is 22.4. The number of aliphatic carboxylic acids is 1. The van der Waals surface area contributed by atoms with Gasteiger partial charge < -0.3 is 14.6 Å². The monoisotopic (exact) mass is 254 g/mol. The van der Waals surface area contributed by atoms with Crippen LogP contribution in [-0.4, -0.2) is 31.5 Å². The number of benzene rings is 1. The maximum absolute atomic E-state index is 11.9. The number of rotatable bonds is 7. The third-order valence-corrected chi connectivity index (χ3v) is 2.14. The summed E-state index contributed by atoms with van der Waals surface area (Å²) in [5, 5.41) is 8.52. The highest BCUT2D eigenvalue weighted by Crippen LogP contribution is 2.28. The molecule has 0 fully saturated rings. The van der Waals surface area contributed by atoms with Crippen LogP contribution in [0.25, 0.3) is 6.08 Å². The quantitative estimate of drug-likeness (QED) is 0.600. The highest BCUT2D eigenvalue weighted by atomic mass is 19.1. The first kappa shape index (κ1) is 14.0. The summed E-state index contributed by atoms with van der Waals surface area (Å²) in [4.78, 5) is 10.4. The second-order valence-corrected chi connectivity index (χ2v) is 3.47. The van der Waals surface area contributed by atoms with Gasteiger partial charge in [0.05, 0.1) is 20.4 Å². The van der Waals surface area contributed by atoms with E-state index >= 15 is 0 Å². The molecule has 0 unspecified atom stereocenters. The molecule has 0 saturated carbocycles. The van der Waals surface area contributed by atoms with Crippen molar-refractivity contribution in [1.29, 1.82) is 0 Å². The van der Waals surface area contributed by atoms with Crippen LogP contribution in [0.15, 0.2) is 24.3 Å². The van der Waals surface area contributed by atoms with E-state index in [1.54, 1.807) is 18.2 Å². The molecular weight excluding hydrogens is 239 g/mol. The molecule has 0 aliphatic carbocycles. The molecule has 18 heavy (non-hydrogen) atoms. The standard InChI is InChI=1S/C13H15FO4/c1-17-12-9-10(4-6-13(15)16)3-5-11(12)18-8-2-7-14/h3-6,9H,2,7-8H2,1H3,(H,15,16)/b6-4+. The first-order chi connectivity index (χ1) is 8.67. The Hall–Kier alpha value is -2.04. The number of alkyl halides is 1. The van der Waals surface area contributed by atoms with Gasteiger partial charge in [-0.15, -0.1) is 0 Å². The molecule has 98 valence electrons. The van der Waals surface area contributed by atoms with Crippen molar-refractivity contribution in [3.05, 3.63) is 29.8 Å². The number of methoxy groups -OCH3 is 1. The Labute approximate surface area is 105 Å². The van der Waals surface area contributed by atoms with Crippen LogP contribution in [0, 0.1) is 0 Å². The van der Waals surface area contributed by atoms with Gasteiger partial charge >= 0.3 is 5.97 Å². The number of hydrogen-bond acceptors (Lipinski definition) is 3. The number of halogens is 1. The molecule has 1 aromatic carbocycles. The van der Waals surface area contributed by atoms with E-state index in [0.29, 0.717) is 23.5 Å². The maximum atomic E-state index is 11.9. The van der Waals surface area contributed by atoms with E-state index in [9.17, 15) is 9.18 Å². The zero-order valence-corrected chi connectivity index (χ0v) is 10.1. The lowest BCUT2D eigenvalue weighted by Crippen LogP contribution is -2.00. The predicted molar refractivity (Wildman–Crippen MR) is 65.8 cm³/mol. The van der Waals surface area contributed by atoms with E-state index in [1.165, 1.54) is 13.2 Å². The van der Waals surface area contributed by atoms with E-state index in [4.69, 9.17) is 14.6 Å². The molecule has 1 N–H and O–H groups in total. The molecule has 0 atom stereocenters. The van der Waals surface area contributed by atoms with Gasteiger partial charge in [0, 0.05) is 12.5 Å². The van der Waals surface area contributed by atoms with Crippen LogP contribution in [0.1, 0.15) is 12.0 Å². The van der Waals surface area contributed by atoms with Gasteiger partial charge in [-0.3, -0.25) is 4.39 Å². The Morgan fingerprint density at radius 1 is 1.44 bits per heavy atom. The van der Waals surface area contributed by atoms with Crippen molar-refractivity contribution < 1.29 is 23.8 Å². The van der Waals surface area contributed by atoms with Gasteiger partial charge in [0.15, 0.2) is 11.5 Å². The van der Waals surface area contributed by atoms with E-state index in [-0.39, 0.29) is 6.61 Å². The minimum atomic E-state index is -1.02. The van der Waals surface area contributed by atoms with Gasteiger partial charge in [-0.05, 0) is 23.8 Å². The molecule has 1 aromatic rings. The van der Waals surface area contributed by atoms with Crippen LogP contribution in [0.4, 0.5) is 4.39 Å². The second-order valence-electron chi connectivity index (χ2n) is 3.47. The molecule has 0 amide bonds. The summed E-state index contributed by atoms with van der Waals surface area (Å²) >= 11 is 0. The van der Waals surface area contributed by atoms with Gasteiger partial charge in [-0.1, -0.05) is 6.07 Å². The fraction of sp³-hybridized carbons (Fsp3) is 0.308. The Morgan fingerprint density at radius 2 is 2.22 bits per heavy atom. The highest BCUT2D eigenvalue weighted by Gasteiger charge is 2.04. The molecular formula is C13H15FO4. The number of carboxylic acid groups (broad SMARTS) is 1. The molecule has 4 nitrogen and oxygen atoms in total. The third kappa shape index (κ3) is 4.45. The molecule has 0 spiro atoms. The smallest absolute Gasteiger partial charge is 0.328 e. The molecule has 0 aliphatic rings. The van der Waals surface area contributed by atoms with Crippen molar-refractivity contribution in [2.24, 2.45) is 0 Å². The van der Waals surface area contributed by atoms with Crippen LogP contribution < -0.4 is 9.47 Å². The minimum absolute atomic E-state index is 0.275. The van der Waals surface area contributed by atoms with E-state index in [1.807, 2.05) is 0 Å². The third-order valence-electron chi connectivity index (χ3n) is 2.14. The lowest BCUT2D eigenvalue weighted by Gasteiger charge is -2.10. The van der Waals surface area contributed by atoms with E-state index in [2.05, 4.69) is 0 Å². The number of hydrogen-bond donors (Lipinski definition) is 1. The first-order valence-electron chi connectivity index (χ1n) is 5.45. The van der Waals surface area contributed by atoms with Crippen molar-refractivity contribution in [1.82, 2.24) is 0 Å². The average Bonchev–Trinajstić information content (AvgIpc) is 2.37. The van der Waals surface area contributed by atoms with Gasteiger partial charge in [0.2, 0.25) is 0 Å². The molecule has 0 radical (unpaired) electrons. The van der Waals surface area contributed by atoms with Gasteiger partial charge in [0.1, 0.15) is 0 Å². The highest BCUT2D eigenvalue weighted by molar-refractivity contribution is 5.85. The summed E-state index contributed by atoms with van der Waals surface area (Å²) in [6, 6.07) is 5.02. The van der Waals surface area contributed by atoms with E-state index < -0.39 is 12.6 Å². The molecule has 5 heteroatoms. The Balaban J connectivity index is 2.79. The van der Waals surface area contributed by atoms with Gasteiger partial charge in [-0.25, -0.2) is 4.79 Å². The summed E-state index contributed by atoms with van der Waals surface area (Å²) in [5.41, 5.74) is 0.687. The zero-order valence-electron chi connectivity index (χ0n) is 10.1. The first-order valence-corrected chi connectivity index (χ1v) is 5.45. The lowest BCUT2D eigenvalue weighted by molar-refractivity contribution is -0.131. The van der Waals surface area contributed by atoms with Crippen LogP contribution in [0.2, 0.25) is 0 Å². The summed E-state index contributed by atoms with van der Waals surface area (Å²) in [5.74, 6) is -0.0166. The fourth-order valence-corrected chi connectivity index (χ4v) is 1.31. The van der Waals surface area contributed by atoms with Crippen molar-refractivity contribution in [2.45, 2.75) is 6.42 Å². The van der Waals surface area contributed by atoms with Gasteiger partial charge in [0.25, 0.3) is 0 Å². The van der Waals surface area contributed by atoms with Crippen molar-refractivity contribution >= 4 is 12.0 Å². The van der Waals surface area contributed by atoms with Crippen molar-refractivity contribution in [3.8, 4) is 11.5 Å². The average molecular weight is 254 g/mol. The summed E-state index contributed by atoms with van der Waals surface area (Å²) in [7, 11) is 1.49. The SMILES string of the molecule is COc1cc(/C=C/C(=O)O)ccc1OCCCF. The van der Waals surface area contributed by atoms with Crippen molar-refractivity contribution in [2.75, 3.05) is 20.4 Å². The largest absolute Gasteiger partial charge is 0.493 e. The Morgan fingerprint density at radius 3 is 2.83 bits per heavy atom. The summed E-state index contributed by atoms with van der Waals surface area (Å²) in [6.07, 6.45) is 2.82. The molecule has 0 saturated heterocycles. The molecule has 0 bridgehead atoms. The molecule has 0 aliphatic heterocycles. The van der Waals surface area contributed by atoms with Gasteiger partial charge in [-0.2, -0.15) is 0 Å². The molecule has 0 heterocycles. The molecule has 1 rings (SSSR count). The zero-order chi connectivity index (χ0) is 13.4. The Bertz CT molecular complexity index is 429. The normalized spacial score (nSPS) is 10.6. The number of ether oxygens (including phenoxy) is 2. The fourth-order valence-electron chi connectivity index (χ4n) is 1.31. The van der Waals surface area contributed by atoms with Crippen LogP contribution in [-0.2, 0) is 4.79 Å². The maximum Gasteiger partial charge on any atom is 0.328 e. The Kier molecular flexibility index (Phi) is 5.70. The van der Waals surface area contributed by atoms with Crippen molar-refractivity contribution in [3.63, 3.8) is 0 Å².